The van der Waals surface area contributed by atoms with Crippen molar-refractivity contribution in [2.24, 2.45) is 0 Å². The third-order valence-corrected chi connectivity index (χ3v) is 2.53. The van der Waals surface area contributed by atoms with Crippen LogP contribution in [-0.2, 0) is 6.54 Å². The minimum atomic E-state index is 0.758. The molecule has 0 radical (unpaired) electrons. The molecule has 0 saturated heterocycles. The van der Waals surface area contributed by atoms with E-state index in [1.54, 1.807) is 0 Å². The van der Waals surface area contributed by atoms with Gasteiger partial charge in [0.05, 0.1) is 13.2 Å². The molecule has 0 aliphatic rings. The molecule has 0 aromatic heterocycles. The van der Waals surface area contributed by atoms with E-state index < -0.39 is 0 Å². The Kier molecular flexibility index (Phi) is 7.26. The number of rotatable bonds is 9. The van der Waals surface area contributed by atoms with Crippen LogP contribution in [0.1, 0.15) is 39.2 Å². The Morgan fingerprint density at radius 3 is 2.39 bits per heavy atom. The Labute approximate surface area is 110 Å². The Bertz CT molecular complexity index is 339. The molecular formula is C15H25NO2. The molecule has 1 aromatic rings. The van der Waals surface area contributed by atoms with Gasteiger partial charge in [0.15, 0.2) is 0 Å². The highest BCUT2D eigenvalue weighted by atomic mass is 16.5. The van der Waals surface area contributed by atoms with Crippen molar-refractivity contribution in [3.05, 3.63) is 23.8 Å². The summed E-state index contributed by atoms with van der Waals surface area (Å²) in [5.41, 5.74) is 1.17. The van der Waals surface area contributed by atoms with Crippen LogP contribution in [0.3, 0.4) is 0 Å². The van der Waals surface area contributed by atoms with E-state index in [-0.39, 0.29) is 0 Å². The van der Waals surface area contributed by atoms with Crippen LogP contribution in [-0.4, -0.2) is 19.8 Å². The monoisotopic (exact) mass is 251 g/mol. The molecule has 3 nitrogen and oxygen atoms in total. The largest absolute Gasteiger partial charge is 0.494 e. The summed E-state index contributed by atoms with van der Waals surface area (Å²) in [6, 6.07) is 6.06. The van der Waals surface area contributed by atoms with E-state index in [4.69, 9.17) is 9.47 Å². The van der Waals surface area contributed by atoms with Gasteiger partial charge in [-0.15, -0.1) is 0 Å². The fourth-order valence-electron chi connectivity index (χ4n) is 1.62. The highest BCUT2D eigenvalue weighted by Gasteiger charge is 2.05. The first-order chi connectivity index (χ1) is 8.81. The van der Waals surface area contributed by atoms with E-state index in [1.165, 1.54) is 5.56 Å². The molecule has 1 N–H and O–H groups in total. The fraction of sp³-hybridized carbons (Fsp3) is 0.600. The quantitative estimate of drug-likeness (QED) is 0.730. The van der Waals surface area contributed by atoms with Crippen LogP contribution in [0.15, 0.2) is 18.2 Å². The van der Waals surface area contributed by atoms with Crippen LogP contribution in [0, 0.1) is 0 Å². The Hall–Kier alpha value is -1.22. The summed E-state index contributed by atoms with van der Waals surface area (Å²) >= 11 is 0. The molecular weight excluding hydrogens is 226 g/mol. The first kappa shape index (κ1) is 14.8. The van der Waals surface area contributed by atoms with E-state index in [1.807, 2.05) is 12.1 Å². The van der Waals surface area contributed by atoms with E-state index in [2.05, 4.69) is 32.2 Å². The molecule has 0 aliphatic carbocycles. The lowest BCUT2D eigenvalue weighted by atomic mass is 10.2. The van der Waals surface area contributed by atoms with Gasteiger partial charge in [-0.05, 0) is 37.6 Å². The Balaban J connectivity index is 2.74. The third-order valence-electron chi connectivity index (χ3n) is 2.53. The third kappa shape index (κ3) is 4.96. The van der Waals surface area contributed by atoms with Gasteiger partial charge < -0.3 is 14.8 Å². The van der Waals surface area contributed by atoms with Gasteiger partial charge >= 0.3 is 0 Å². The van der Waals surface area contributed by atoms with Gasteiger partial charge in [0.2, 0.25) is 0 Å². The Morgan fingerprint density at radius 1 is 1.00 bits per heavy atom. The molecule has 102 valence electrons. The molecule has 1 rings (SSSR count). The van der Waals surface area contributed by atoms with Crippen molar-refractivity contribution < 1.29 is 9.47 Å². The fourth-order valence-corrected chi connectivity index (χ4v) is 1.62. The predicted octanol–water partition coefficient (Wildman–Crippen LogP) is 3.37. The van der Waals surface area contributed by atoms with E-state index in [0.717, 1.165) is 50.6 Å². The molecule has 0 atom stereocenters. The molecule has 0 saturated carbocycles. The maximum atomic E-state index is 5.75. The standard InChI is InChI=1S/C15H25NO2/c1-4-9-17-14-7-8-15(18-10-5-2)13(11-14)12-16-6-3/h7-8,11,16H,4-6,9-10,12H2,1-3H3. The summed E-state index contributed by atoms with van der Waals surface area (Å²) in [7, 11) is 0. The Morgan fingerprint density at radius 2 is 1.72 bits per heavy atom. The molecule has 3 heteroatoms. The molecule has 18 heavy (non-hydrogen) atoms. The number of hydrogen-bond donors (Lipinski definition) is 1. The van der Waals surface area contributed by atoms with Crippen molar-refractivity contribution in [2.45, 2.75) is 40.2 Å². The van der Waals surface area contributed by atoms with Crippen LogP contribution in [0.25, 0.3) is 0 Å². The molecule has 0 heterocycles. The van der Waals surface area contributed by atoms with Crippen LogP contribution >= 0.6 is 0 Å². The molecule has 1 aromatic carbocycles. The lowest BCUT2D eigenvalue weighted by molar-refractivity contribution is 0.305. The topological polar surface area (TPSA) is 30.5 Å². The van der Waals surface area contributed by atoms with Crippen LogP contribution in [0.5, 0.6) is 11.5 Å². The number of benzene rings is 1. The highest BCUT2D eigenvalue weighted by Crippen LogP contribution is 2.24. The maximum absolute atomic E-state index is 5.75. The maximum Gasteiger partial charge on any atom is 0.124 e. The number of ether oxygens (including phenoxy) is 2. The molecule has 0 bridgehead atoms. The van der Waals surface area contributed by atoms with E-state index in [0.29, 0.717) is 0 Å². The minimum absolute atomic E-state index is 0.758. The highest BCUT2D eigenvalue weighted by molar-refractivity contribution is 5.40. The van der Waals surface area contributed by atoms with Crippen molar-refractivity contribution in [2.75, 3.05) is 19.8 Å². The molecule has 0 unspecified atom stereocenters. The van der Waals surface area contributed by atoms with Gasteiger partial charge in [-0.2, -0.15) is 0 Å². The minimum Gasteiger partial charge on any atom is -0.494 e. The van der Waals surface area contributed by atoms with Gasteiger partial charge in [0.25, 0.3) is 0 Å². The molecule has 0 fully saturated rings. The van der Waals surface area contributed by atoms with Gasteiger partial charge in [-0.25, -0.2) is 0 Å². The van der Waals surface area contributed by atoms with Crippen molar-refractivity contribution in [3.63, 3.8) is 0 Å². The second kappa shape index (κ2) is 8.81. The molecule has 0 spiro atoms. The summed E-state index contributed by atoms with van der Waals surface area (Å²) < 4.78 is 11.4. The zero-order valence-electron chi connectivity index (χ0n) is 11.8. The van der Waals surface area contributed by atoms with Crippen LogP contribution in [0.2, 0.25) is 0 Å². The summed E-state index contributed by atoms with van der Waals surface area (Å²) in [5.74, 6) is 1.88. The molecule has 0 aliphatic heterocycles. The van der Waals surface area contributed by atoms with Crippen molar-refractivity contribution in [3.8, 4) is 11.5 Å². The zero-order chi connectivity index (χ0) is 13.2. The van der Waals surface area contributed by atoms with Crippen molar-refractivity contribution in [1.82, 2.24) is 5.32 Å². The SMILES string of the molecule is CCCOc1ccc(OCCC)c(CNCC)c1. The smallest absolute Gasteiger partial charge is 0.124 e. The number of nitrogens with one attached hydrogen (secondary N) is 1. The van der Waals surface area contributed by atoms with E-state index in [9.17, 15) is 0 Å². The van der Waals surface area contributed by atoms with Gasteiger partial charge in [-0.3, -0.25) is 0 Å². The average molecular weight is 251 g/mol. The van der Waals surface area contributed by atoms with E-state index >= 15 is 0 Å². The first-order valence-corrected chi connectivity index (χ1v) is 6.91. The number of hydrogen-bond acceptors (Lipinski definition) is 3. The van der Waals surface area contributed by atoms with Crippen molar-refractivity contribution in [1.29, 1.82) is 0 Å². The van der Waals surface area contributed by atoms with Crippen molar-refractivity contribution >= 4 is 0 Å². The lowest BCUT2D eigenvalue weighted by Crippen LogP contribution is -2.13. The second-order valence-corrected chi connectivity index (χ2v) is 4.25. The van der Waals surface area contributed by atoms with Crippen LogP contribution in [0.4, 0.5) is 0 Å². The summed E-state index contributed by atoms with van der Waals surface area (Å²) in [4.78, 5) is 0. The lowest BCUT2D eigenvalue weighted by Gasteiger charge is -2.13. The van der Waals surface area contributed by atoms with Gasteiger partial charge in [0, 0.05) is 12.1 Å². The normalized spacial score (nSPS) is 10.4. The zero-order valence-corrected chi connectivity index (χ0v) is 11.8. The summed E-state index contributed by atoms with van der Waals surface area (Å²) in [5, 5.41) is 3.33. The summed E-state index contributed by atoms with van der Waals surface area (Å²) in [6.07, 6.45) is 2.05. The first-order valence-electron chi connectivity index (χ1n) is 6.91. The van der Waals surface area contributed by atoms with Gasteiger partial charge in [-0.1, -0.05) is 20.8 Å². The van der Waals surface area contributed by atoms with Gasteiger partial charge in [0.1, 0.15) is 11.5 Å². The average Bonchev–Trinajstić information content (AvgIpc) is 2.41. The second-order valence-electron chi connectivity index (χ2n) is 4.25. The van der Waals surface area contributed by atoms with Crippen LogP contribution < -0.4 is 14.8 Å². The molecule has 0 amide bonds. The summed E-state index contributed by atoms with van der Waals surface area (Å²) in [6.45, 7) is 9.61. The predicted molar refractivity (Wildman–Crippen MR) is 75.4 cm³/mol.